The lowest BCUT2D eigenvalue weighted by atomic mass is 9.61. The summed E-state index contributed by atoms with van der Waals surface area (Å²) in [6.45, 7) is 6.10. The molecule has 1 saturated carbocycles. The van der Waals surface area contributed by atoms with E-state index in [-0.39, 0.29) is 23.3 Å². The SMILES string of the molecule is CC1C(Nc2cnccc2C#N)CCC(C(=O)O)C1(C)C. The predicted molar refractivity (Wildman–Crippen MR) is 79.7 cm³/mol. The van der Waals surface area contributed by atoms with Crippen LogP contribution in [-0.4, -0.2) is 22.1 Å². The molecule has 21 heavy (non-hydrogen) atoms. The average Bonchev–Trinajstić information content (AvgIpc) is 2.44. The monoisotopic (exact) mass is 287 g/mol. The predicted octanol–water partition coefficient (Wildman–Crippen LogP) is 2.89. The van der Waals surface area contributed by atoms with Gasteiger partial charge in [-0.3, -0.25) is 9.78 Å². The van der Waals surface area contributed by atoms with Crippen LogP contribution in [0.2, 0.25) is 0 Å². The van der Waals surface area contributed by atoms with E-state index in [0.717, 1.165) is 12.1 Å². The van der Waals surface area contributed by atoms with E-state index in [9.17, 15) is 9.90 Å². The third kappa shape index (κ3) is 2.85. The number of pyridine rings is 1. The standard InChI is InChI=1S/C16H21N3O2/c1-10-13(5-4-12(15(20)21)16(10,2)3)19-14-9-18-7-6-11(14)8-17/h6-7,9-10,12-13,19H,4-5H2,1-3H3,(H,20,21). The van der Waals surface area contributed by atoms with Gasteiger partial charge in [-0.1, -0.05) is 20.8 Å². The zero-order valence-electron chi connectivity index (χ0n) is 12.6. The fourth-order valence-electron chi connectivity index (χ4n) is 3.25. The highest BCUT2D eigenvalue weighted by Gasteiger charge is 2.46. The van der Waals surface area contributed by atoms with Crippen molar-refractivity contribution in [2.45, 2.75) is 39.7 Å². The third-order valence-corrected chi connectivity index (χ3v) is 5.02. The maximum Gasteiger partial charge on any atom is 0.307 e. The van der Waals surface area contributed by atoms with Crippen molar-refractivity contribution in [2.24, 2.45) is 17.3 Å². The maximum atomic E-state index is 11.4. The first-order valence-corrected chi connectivity index (χ1v) is 7.21. The minimum atomic E-state index is -0.718. The fourth-order valence-corrected chi connectivity index (χ4v) is 3.25. The van der Waals surface area contributed by atoms with Gasteiger partial charge in [0, 0.05) is 12.2 Å². The van der Waals surface area contributed by atoms with E-state index in [0.29, 0.717) is 12.0 Å². The van der Waals surface area contributed by atoms with Crippen LogP contribution in [0.4, 0.5) is 5.69 Å². The normalized spacial score (nSPS) is 27.6. The molecule has 3 atom stereocenters. The molecule has 0 radical (unpaired) electrons. The van der Waals surface area contributed by atoms with Crippen LogP contribution in [0.5, 0.6) is 0 Å². The van der Waals surface area contributed by atoms with Crippen molar-refractivity contribution in [2.75, 3.05) is 5.32 Å². The summed E-state index contributed by atoms with van der Waals surface area (Å²) in [5.74, 6) is -0.863. The van der Waals surface area contributed by atoms with Crippen LogP contribution in [0.1, 0.15) is 39.2 Å². The number of hydrogen-bond acceptors (Lipinski definition) is 4. The van der Waals surface area contributed by atoms with Gasteiger partial charge in [0.15, 0.2) is 0 Å². The van der Waals surface area contributed by atoms with E-state index in [1.54, 1.807) is 18.5 Å². The number of nitrogens with zero attached hydrogens (tertiary/aromatic N) is 2. The Bertz CT molecular complexity index is 577. The summed E-state index contributed by atoms with van der Waals surface area (Å²) in [4.78, 5) is 15.5. The third-order valence-electron chi connectivity index (χ3n) is 5.02. The molecule has 2 rings (SSSR count). The molecule has 3 unspecified atom stereocenters. The van der Waals surface area contributed by atoms with Gasteiger partial charge in [-0.05, 0) is 30.2 Å². The zero-order valence-corrected chi connectivity index (χ0v) is 12.6. The molecule has 0 bridgehead atoms. The molecule has 1 aliphatic rings. The van der Waals surface area contributed by atoms with Crippen LogP contribution in [0.25, 0.3) is 0 Å². The van der Waals surface area contributed by atoms with Gasteiger partial charge in [0.2, 0.25) is 0 Å². The smallest absolute Gasteiger partial charge is 0.307 e. The summed E-state index contributed by atoms with van der Waals surface area (Å²) in [6, 6.07) is 3.98. The number of nitrogens with one attached hydrogen (secondary N) is 1. The average molecular weight is 287 g/mol. The molecule has 112 valence electrons. The van der Waals surface area contributed by atoms with Crippen molar-refractivity contribution in [3.05, 3.63) is 24.0 Å². The van der Waals surface area contributed by atoms with E-state index in [1.165, 1.54) is 0 Å². The fraction of sp³-hybridized carbons (Fsp3) is 0.562. The summed E-state index contributed by atoms with van der Waals surface area (Å²) in [5, 5.41) is 21.9. The van der Waals surface area contributed by atoms with E-state index >= 15 is 0 Å². The number of anilines is 1. The molecule has 1 aromatic rings. The molecule has 5 nitrogen and oxygen atoms in total. The number of carboxylic acids is 1. The van der Waals surface area contributed by atoms with Crippen LogP contribution in [0, 0.1) is 28.6 Å². The van der Waals surface area contributed by atoms with Gasteiger partial charge in [-0.15, -0.1) is 0 Å². The van der Waals surface area contributed by atoms with Crippen molar-refractivity contribution in [3.8, 4) is 6.07 Å². The van der Waals surface area contributed by atoms with Gasteiger partial charge < -0.3 is 10.4 Å². The number of rotatable bonds is 3. The summed E-state index contributed by atoms with van der Waals surface area (Å²) < 4.78 is 0. The summed E-state index contributed by atoms with van der Waals surface area (Å²) in [5.41, 5.74) is 0.994. The second kappa shape index (κ2) is 5.72. The number of hydrogen-bond donors (Lipinski definition) is 2. The lowest BCUT2D eigenvalue weighted by molar-refractivity contribution is -0.149. The van der Waals surface area contributed by atoms with Crippen LogP contribution in [0.15, 0.2) is 18.5 Å². The molecular weight excluding hydrogens is 266 g/mol. The lowest BCUT2D eigenvalue weighted by Crippen LogP contribution is -2.48. The molecule has 0 amide bonds. The van der Waals surface area contributed by atoms with Gasteiger partial charge in [0.1, 0.15) is 6.07 Å². The first-order chi connectivity index (χ1) is 9.87. The lowest BCUT2D eigenvalue weighted by Gasteiger charge is -2.46. The number of carbonyl (C=O) groups is 1. The Morgan fingerprint density at radius 1 is 1.52 bits per heavy atom. The Balaban J connectivity index is 2.20. The molecule has 1 fully saturated rings. The highest BCUT2D eigenvalue weighted by Crippen LogP contribution is 2.45. The molecule has 1 heterocycles. The van der Waals surface area contributed by atoms with Gasteiger partial charge in [-0.2, -0.15) is 5.26 Å². The molecule has 0 aliphatic heterocycles. The van der Waals surface area contributed by atoms with Crippen molar-refractivity contribution >= 4 is 11.7 Å². The largest absolute Gasteiger partial charge is 0.481 e. The quantitative estimate of drug-likeness (QED) is 0.892. The van der Waals surface area contributed by atoms with Crippen LogP contribution >= 0.6 is 0 Å². The summed E-state index contributed by atoms with van der Waals surface area (Å²) >= 11 is 0. The molecule has 2 N–H and O–H groups in total. The van der Waals surface area contributed by atoms with Crippen LogP contribution < -0.4 is 5.32 Å². The molecule has 0 spiro atoms. The van der Waals surface area contributed by atoms with E-state index < -0.39 is 5.97 Å². The molecular formula is C16H21N3O2. The number of aliphatic carboxylic acids is 1. The second-order valence-corrected chi connectivity index (χ2v) is 6.36. The summed E-state index contributed by atoms with van der Waals surface area (Å²) in [7, 11) is 0. The van der Waals surface area contributed by atoms with E-state index in [2.05, 4.69) is 23.3 Å². The Labute approximate surface area is 125 Å². The first kappa shape index (κ1) is 15.3. The van der Waals surface area contributed by atoms with Gasteiger partial charge >= 0.3 is 5.97 Å². The highest BCUT2D eigenvalue weighted by molar-refractivity contribution is 5.71. The Morgan fingerprint density at radius 3 is 2.86 bits per heavy atom. The first-order valence-electron chi connectivity index (χ1n) is 7.21. The van der Waals surface area contributed by atoms with Crippen molar-refractivity contribution in [1.82, 2.24) is 4.98 Å². The number of aromatic nitrogens is 1. The Morgan fingerprint density at radius 2 is 2.24 bits per heavy atom. The Kier molecular flexibility index (Phi) is 4.17. The summed E-state index contributed by atoms with van der Waals surface area (Å²) in [6.07, 6.45) is 4.67. The minimum absolute atomic E-state index is 0.145. The molecule has 0 aromatic carbocycles. The van der Waals surface area contributed by atoms with Crippen molar-refractivity contribution < 1.29 is 9.90 Å². The van der Waals surface area contributed by atoms with E-state index in [4.69, 9.17) is 5.26 Å². The number of carboxylic acid groups (broad SMARTS) is 1. The molecule has 1 aliphatic carbocycles. The van der Waals surface area contributed by atoms with Gasteiger partial charge in [0.25, 0.3) is 0 Å². The molecule has 1 aromatic heterocycles. The zero-order chi connectivity index (χ0) is 15.6. The van der Waals surface area contributed by atoms with Crippen molar-refractivity contribution in [1.29, 1.82) is 5.26 Å². The van der Waals surface area contributed by atoms with E-state index in [1.807, 2.05) is 13.8 Å². The van der Waals surface area contributed by atoms with Gasteiger partial charge in [0.05, 0.1) is 23.4 Å². The number of nitriles is 1. The van der Waals surface area contributed by atoms with Gasteiger partial charge in [-0.25, -0.2) is 0 Å². The topological polar surface area (TPSA) is 86.0 Å². The molecule has 5 heteroatoms. The second-order valence-electron chi connectivity index (χ2n) is 6.36. The minimum Gasteiger partial charge on any atom is -0.481 e. The van der Waals surface area contributed by atoms with Crippen LogP contribution in [-0.2, 0) is 4.79 Å². The Hall–Kier alpha value is -2.09. The molecule has 0 saturated heterocycles. The maximum absolute atomic E-state index is 11.4. The highest BCUT2D eigenvalue weighted by atomic mass is 16.4. The van der Waals surface area contributed by atoms with Crippen LogP contribution in [0.3, 0.4) is 0 Å². The van der Waals surface area contributed by atoms with Crippen molar-refractivity contribution in [3.63, 3.8) is 0 Å².